The lowest BCUT2D eigenvalue weighted by atomic mass is 9.96. The summed E-state index contributed by atoms with van der Waals surface area (Å²) in [5.41, 5.74) is 1.11. The van der Waals surface area contributed by atoms with Crippen LogP contribution < -0.4 is 15.4 Å². The molecule has 0 aliphatic heterocycles. The molecule has 0 saturated heterocycles. The summed E-state index contributed by atoms with van der Waals surface area (Å²) >= 11 is 0. The topological polar surface area (TPSA) is 70.7 Å². The highest BCUT2D eigenvalue weighted by atomic mass is 16.5. The fraction of sp³-hybridized carbons (Fsp3) is 0.478. The number of nitrogens with one attached hydrogen (secondary N) is 2. The van der Waals surface area contributed by atoms with Crippen molar-refractivity contribution >= 4 is 22.7 Å². The molecule has 3 rings (SSSR count). The molecule has 1 fully saturated rings. The summed E-state index contributed by atoms with van der Waals surface area (Å²) in [5.74, 6) is 0.547. The Kier molecular flexibility index (Phi) is 7.09. The molecular weight excluding hydrogens is 366 g/mol. The van der Waals surface area contributed by atoms with Crippen LogP contribution in [0.1, 0.15) is 44.6 Å². The number of imide groups is 1. The van der Waals surface area contributed by atoms with E-state index in [1.165, 1.54) is 6.42 Å². The number of likely N-dealkylation sites (N-methyl/N-ethyl adjacent to an activating group) is 1. The van der Waals surface area contributed by atoms with E-state index in [0.29, 0.717) is 6.54 Å². The number of methoxy groups -OCH3 is 1. The lowest BCUT2D eigenvalue weighted by molar-refractivity contribution is -0.124. The third-order valence-corrected chi connectivity index (χ3v) is 5.76. The first-order valence-electron chi connectivity index (χ1n) is 10.3. The van der Waals surface area contributed by atoms with E-state index in [0.717, 1.165) is 47.8 Å². The number of nitrogens with zero attached hydrogens (tertiary/aromatic N) is 1. The van der Waals surface area contributed by atoms with Crippen LogP contribution >= 0.6 is 0 Å². The first-order chi connectivity index (χ1) is 14.0. The standard InChI is InChI=1S/C23H31N3O3/c1-16(22(27)25-23(28)24-20-7-5-4-6-8-20)26(2)15-17-9-10-19-14-21(29-3)12-11-18(19)13-17/h9-14,16,20H,4-8,15H2,1-3H3,(H2,24,25,27,28). The quantitative estimate of drug-likeness (QED) is 0.777. The van der Waals surface area contributed by atoms with E-state index in [9.17, 15) is 9.59 Å². The molecule has 1 atom stereocenters. The zero-order valence-electron chi connectivity index (χ0n) is 17.5. The molecule has 6 nitrogen and oxygen atoms in total. The van der Waals surface area contributed by atoms with E-state index in [4.69, 9.17) is 4.74 Å². The summed E-state index contributed by atoms with van der Waals surface area (Å²) < 4.78 is 5.27. The van der Waals surface area contributed by atoms with E-state index >= 15 is 0 Å². The van der Waals surface area contributed by atoms with Crippen molar-refractivity contribution in [3.63, 3.8) is 0 Å². The zero-order chi connectivity index (χ0) is 20.8. The summed E-state index contributed by atoms with van der Waals surface area (Å²) in [6.07, 6.45) is 5.48. The molecule has 0 bridgehead atoms. The Hall–Kier alpha value is -2.60. The van der Waals surface area contributed by atoms with Crippen LogP contribution in [-0.2, 0) is 11.3 Å². The maximum Gasteiger partial charge on any atom is 0.321 e. The number of benzene rings is 2. The van der Waals surface area contributed by atoms with Crippen LogP contribution in [0.4, 0.5) is 4.79 Å². The molecule has 1 aliphatic rings. The number of carbonyl (C=O) groups excluding carboxylic acids is 2. The zero-order valence-corrected chi connectivity index (χ0v) is 17.5. The second-order valence-corrected chi connectivity index (χ2v) is 7.94. The lowest BCUT2D eigenvalue weighted by Gasteiger charge is -2.25. The lowest BCUT2D eigenvalue weighted by Crippen LogP contribution is -2.50. The molecule has 0 heterocycles. The van der Waals surface area contributed by atoms with Gasteiger partial charge in [-0.3, -0.25) is 15.0 Å². The molecule has 2 N–H and O–H groups in total. The summed E-state index contributed by atoms with van der Waals surface area (Å²) in [6.45, 7) is 2.43. The number of hydrogen-bond donors (Lipinski definition) is 2. The Labute approximate surface area is 172 Å². The number of ether oxygens (including phenoxy) is 1. The van der Waals surface area contributed by atoms with Crippen LogP contribution in [0, 0.1) is 0 Å². The second kappa shape index (κ2) is 9.74. The number of fused-ring (bicyclic) bond motifs is 1. The van der Waals surface area contributed by atoms with Crippen molar-refractivity contribution in [2.75, 3.05) is 14.2 Å². The van der Waals surface area contributed by atoms with Gasteiger partial charge in [-0.05, 0) is 61.3 Å². The molecule has 0 radical (unpaired) electrons. The minimum atomic E-state index is -0.418. The van der Waals surface area contributed by atoms with E-state index in [1.54, 1.807) is 7.11 Å². The van der Waals surface area contributed by atoms with Gasteiger partial charge in [-0.15, -0.1) is 0 Å². The number of amides is 3. The number of rotatable bonds is 6. The molecule has 29 heavy (non-hydrogen) atoms. The predicted molar refractivity (Wildman–Crippen MR) is 115 cm³/mol. The van der Waals surface area contributed by atoms with Crippen molar-refractivity contribution in [1.29, 1.82) is 0 Å². The molecular formula is C23H31N3O3. The van der Waals surface area contributed by atoms with Crippen molar-refractivity contribution in [1.82, 2.24) is 15.5 Å². The smallest absolute Gasteiger partial charge is 0.321 e. The summed E-state index contributed by atoms with van der Waals surface area (Å²) in [7, 11) is 3.55. The number of hydrogen-bond acceptors (Lipinski definition) is 4. The molecule has 6 heteroatoms. The van der Waals surface area contributed by atoms with Gasteiger partial charge in [-0.1, -0.05) is 37.5 Å². The van der Waals surface area contributed by atoms with Crippen LogP contribution in [0.3, 0.4) is 0 Å². The van der Waals surface area contributed by atoms with Crippen LogP contribution in [0.25, 0.3) is 10.8 Å². The predicted octanol–water partition coefficient (Wildman–Crippen LogP) is 3.83. The summed E-state index contributed by atoms with van der Waals surface area (Å²) in [4.78, 5) is 26.6. The van der Waals surface area contributed by atoms with Crippen molar-refractivity contribution in [2.45, 2.75) is 57.7 Å². The molecule has 0 aromatic heterocycles. The Morgan fingerprint density at radius 3 is 2.52 bits per heavy atom. The van der Waals surface area contributed by atoms with Gasteiger partial charge >= 0.3 is 6.03 Å². The van der Waals surface area contributed by atoms with Gasteiger partial charge in [-0.2, -0.15) is 0 Å². The highest BCUT2D eigenvalue weighted by Gasteiger charge is 2.22. The highest BCUT2D eigenvalue weighted by Crippen LogP contribution is 2.22. The average Bonchev–Trinajstić information content (AvgIpc) is 2.73. The molecule has 3 amide bonds. The molecule has 0 spiro atoms. The van der Waals surface area contributed by atoms with Gasteiger partial charge in [0.1, 0.15) is 5.75 Å². The first-order valence-corrected chi connectivity index (χ1v) is 10.3. The van der Waals surface area contributed by atoms with Gasteiger partial charge in [0, 0.05) is 12.6 Å². The fourth-order valence-corrected chi connectivity index (χ4v) is 3.81. The SMILES string of the molecule is COc1ccc2cc(CN(C)C(C)C(=O)NC(=O)NC3CCCCC3)ccc2c1. The first kappa shape index (κ1) is 21.1. The fourth-order valence-electron chi connectivity index (χ4n) is 3.81. The van der Waals surface area contributed by atoms with Crippen LogP contribution in [0.2, 0.25) is 0 Å². The largest absolute Gasteiger partial charge is 0.497 e. The Morgan fingerprint density at radius 1 is 1.10 bits per heavy atom. The number of carbonyl (C=O) groups is 2. The van der Waals surface area contributed by atoms with E-state index in [-0.39, 0.29) is 18.0 Å². The average molecular weight is 398 g/mol. The third-order valence-electron chi connectivity index (χ3n) is 5.76. The molecule has 1 unspecified atom stereocenters. The van der Waals surface area contributed by atoms with Gasteiger partial charge in [-0.25, -0.2) is 4.79 Å². The Balaban J connectivity index is 1.54. The van der Waals surface area contributed by atoms with Crippen molar-refractivity contribution in [2.24, 2.45) is 0 Å². The molecule has 1 saturated carbocycles. The van der Waals surface area contributed by atoms with Gasteiger partial charge in [0.25, 0.3) is 0 Å². The van der Waals surface area contributed by atoms with E-state index in [1.807, 2.05) is 37.1 Å². The van der Waals surface area contributed by atoms with Crippen LogP contribution in [0.15, 0.2) is 36.4 Å². The van der Waals surface area contributed by atoms with Gasteiger partial charge < -0.3 is 10.1 Å². The van der Waals surface area contributed by atoms with E-state index in [2.05, 4.69) is 28.8 Å². The minimum absolute atomic E-state index is 0.181. The molecule has 1 aliphatic carbocycles. The molecule has 2 aromatic rings. The Bertz CT molecular complexity index is 862. The maximum absolute atomic E-state index is 12.5. The molecule has 156 valence electrons. The third kappa shape index (κ3) is 5.70. The van der Waals surface area contributed by atoms with Crippen molar-refractivity contribution < 1.29 is 14.3 Å². The monoisotopic (exact) mass is 397 g/mol. The van der Waals surface area contributed by atoms with Gasteiger partial charge in [0.15, 0.2) is 0 Å². The Morgan fingerprint density at radius 2 is 1.79 bits per heavy atom. The van der Waals surface area contributed by atoms with Crippen molar-refractivity contribution in [3.05, 3.63) is 42.0 Å². The van der Waals surface area contributed by atoms with Crippen LogP contribution in [0.5, 0.6) is 5.75 Å². The maximum atomic E-state index is 12.5. The summed E-state index contributed by atoms with van der Waals surface area (Å²) in [5, 5.41) is 7.65. The van der Waals surface area contributed by atoms with Gasteiger partial charge in [0.05, 0.1) is 13.2 Å². The minimum Gasteiger partial charge on any atom is -0.497 e. The van der Waals surface area contributed by atoms with Crippen molar-refractivity contribution in [3.8, 4) is 5.75 Å². The molecule has 2 aromatic carbocycles. The van der Waals surface area contributed by atoms with Crippen LogP contribution in [-0.4, -0.2) is 43.1 Å². The summed E-state index contributed by atoms with van der Waals surface area (Å²) in [6, 6.07) is 11.6. The van der Waals surface area contributed by atoms with Gasteiger partial charge in [0.2, 0.25) is 5.91 Å². The van der Waals surface area contributed by atoms with E-state index < -0.39 is 6.04 Å². The highest BCUT2D eigenvalue weighted by molar-refractivity contribution is 5.96. The second-order valence-electron chi connectivity index (χ2n) is 7.94. The normalized spacial score (nSPS) is 15.9. The number of urea groups is 1.